The predicted octanol–water partition coefficient (Wildman–Crippen LogP) is 1.88. The van der Waals surface area contributed by atoms with Crippen molar-refractivity contribution in [1.29, 1.82) is 0 Å². The number of rotatable bonds is 5. The number of aromatic nitrogens is 5. The highest BCUT2D eigenvalue weighted by Gasteiger charge is 2.29. The van der Waals surface area contributed by atoms with Crippen LogP contribution in [0.4, 0.5) is 0 Å². The Morgan fingerprint density at radius 2 is 2.20 bits per heavy atom. The molecule has 1 aliphatic rings. The number of benzene rings is 1. The highest BCUT2D eigenvalue weighted by atomic mass is 16.2. The zero-order valence-electron chi connectivity index (χ0n) is 14.4. The normalized spacial score (nSPS) is 17.5. The van der Waals surface area contributed by atoms with E-state index in [0.717, 1.165) is 42.7 Å². The number of imidazole rings is 1. The second-order valence-corrected chi connectivity index (χ2v) is 6.46. The number of likely N-dealkylation sites (tertiary alicyclic amines) is 1. The largest absolute Gasteiger partial charge is 0.336 e. The SMILES string of the molecule is CCc1nc2ccccc2n1CC(=O)N1CCC[C@H]1Cn1ccnn1. The van der Waals surface area contributed by atoms with Gasteiger partial charge in [0.15, 0.2) is 0 Å². The second kappa shape index (κ2) is 6.66. The molecule has 0 unspecified atom stereocenters. The quantitative estimate of drug-likeness (QED) is 0.712. The maximum Gasteiger partial charge on any atom is 0.242 e. The summed E-state index contributed by atoms with van der Waals surface area (Å²) >= 11 is 0. The Labute approximate surface area is 146 Å². The number of para-hydroxylation sites is 2. The third-order valence-electron chi connectivity index (χ3n) is 4.91. The van der Waals surface area contributed by atoms with Gasteiger partial charge in [0.2, 0.25) is 5.91 Å². The number of hydrogen-bond acceptors (Lipinski definition) is 4. The van der Waals surface area contributed by atoms with E-state index in [2.05, 4.69) is 26.8 Å². The average Bonchev–Trinajstić information content (AvgIpc) is 3.36. The van der Waals surface area contributed by atoms with Crippen molar-refractivity contribution in [3.63, 3.8) is 0 Å². The molecule has 0 saturated carbocycles. The first kappa shape index (κ1) is 15.8. The number of hydrogen-bond donors (Lipinski definition) is 0. The van der Waals surface area contributed by atoms with Gasteiger partial charge in [-0.05, 0) is 25.0 Å². The van der Waals surface area contributed by atoms with E-state index >= 15 is 0 Å². The topological polar surface area (TPSA) is 68.8 Å². The van der Waals surface area contributed by atoms with Gasteiger partial charge in [-0.3, -0.25) is 9.48 Å². The molecule has 1 amide bonds. The Kier molecular flexibility index (Phi) is 4.21. The van der Waals surface area contributed by atoms with Crippen LogP contribution in [0.1, 0.15) is 25.6 Å². The molecule has 7 nitrogen and oxygen atoms in total. The van der Waals surface area contributed by atoms with Crippen molar-refractivity contribution in [2.75, 3.05) is 6.54 Å². The molecule has 2 aromatic heterocycles. The summed E-state index contributed by atoms with van der Waals surface area (Å²) in [4.78, 5) is 19.7. The molecule has 0 spiro atoms. The molecule has 1 fully saturated rings. The summed E-state index contributed by atoms with van der Waals surface area (Å²) in [5.41, 5.74) is 1.98. The maximum atomic E-state index is 13.0. The smallest absolute Gasteiger partial charge is 0.242 e. The van der Waals surface area contributed by atoms with E-state index in [-0.39, 0.29) is 11.9 Å². The molecule has 7 heteroatoms. The standard InChI is InChI=1S/C18H22N6O/c1-2-17-20-15-7-3-4-8-16(15)24(17)13-18(25)23-10-5-6-14(23)12-22-11-9-19-21-22/h3-4,7-9,11,14H,2,5-6,10,12-13H2,1H3/t14-/m0/s1. The first-order chi connectivity index (χ1) is 12.3. The molecule has 3 heterocycles. The van der Waals surface area contributed by atoms with E-state index in [1.54, 1.807) is 10.9 Å². The monoisotopic (exact) mass is 338 g/mol. The van der Waals surface area contributed by atoms with Crippen LogP contribution in [0.5, 0.6) is 0 Å². The van der Waals surface area contributed by atoms with Crippen LogP contribution < -0.4 is 0 Å². The highest BCUT2D eigenvalue weighted by molar-refractivity contribution is 5.81. The average molecular weight is 338 g/mol. The second-order valence-electron chi connectivity index (χ2n) is 6.46. The molecule has 1 aliphatic heterocycles. The van der Waals surface area contributed by atoms with Gasteiger partial charge >= 0.3 is 0 Å². The van der Waals surface area contributed by atoms with Crippen LogP contribution in [0.15, 0.2) is 36.7 Å². The van der Waals surface area contributed by atoms with E-state index < -0.39 is 0 Å². The fourth-order valence-corrected chi connectivity index (χ4v) is 3.70. The van der Waals surface area contributed by atoms with E-state index in [0.29, 0.717) is 13.1 Å². The molecule has 4 rings (SSSR count). The number of fused-ring (bicyclic) bond motifs is 1. The lowest BCUT2D eigenvalue weighted by Crippen LogP contribution is -2.40. The van der Waals surface area contributed by atoms with Gasteiger partial charge in [0.1, 0.15) is 12.4 Å². The summed E-state index contributed by atoms with van der Waals surface area (Å²) in [7, 11) is 0. The van der Waals surface area contributed by atoms with Crippen molar-refractivity contribution in [3.05, 3.63) is 42.5 Å². The third-order valence-corrected chi connectivity index (χ3v) is 4.91. The Bertz CT molecular complexity index is 869. The van der Waals surface area contributed by atoms with E-state index in [9.17, 15) is 4.79 Å². The van der Waals surface area contributed by atoms with E-state index in [1.165, 1.54) is 0 Å². The van der Waals surface area contributed by atoms with Crippen molar-refractivity contribution in [3.8, 4) is 0 Å². The molecule has 25 heavy (non-hydrogen) atoms. The lowest BCUT2D eigenvalue weighted by molar-refractivity contribution is -0.132. The summed E-state index contributed by atoms with van der Waals surface area (Å²) in [6, 6.07) is 8.20. The maximum absolute atomic E-state index is 13.0. The molecule has 1 saturated heterocycles. The van der Waals surface area contributed by atoms with Gasteiger partial charge < -0.3 is 9.47 Å². The summed E-state index contributed by atoms with van der Waals surface area (Å²) in [6.07, 6.45) is 6.38. The number of nitrogens with zero attached hydrogens (tertiary/aromatic N) is 6. The summed E-state index contributed by atoms with van der Waals surface area (Å²) in [5.74, 6) is 1.11. The van der Waals surface area contributed by atoms with Crippen LogP contribution in [-0.4, -0.2) is 47.9 Å². The van der Waals surface area contributed by atoms with Gasteiger partial charge in [-0.25, -0.2) is 4.98 Å². The summed E-state index contributed by atoms with van der Waals surface area (Å²) in [6.45, 7) is 3.94. The van der Waals surface area contributed by atoms with Crippen LogP contribution in [-0.2, 0) is 24.3 Å². The van der Waals surface area contributed by atoms with Crippen LogP contribution in [0.3, 0.4) is 0 Å². The van der Waals surface area contributed by atoms with Gasteiger partial charge in [0.05, 0.1) is 29.8 Å². The Hall–Kier alpha value is -2.70. The third kappa shape index (κ3) is 3.01. The van der Waals surface area contributed by atoms with E-state index in [1.807, 2.05) is 35.4 Å². The molecule has 3 aromatic rings. The first-order valence-corrected chi connectivity index (χ1v) is 8.84. The highest BCUT2D eigenvalue weighted by Crippen LogP contribution is 2.21. The van der Waals surface area contributed by atoms with Gasteiger partial charge in [-0.15, -0.1) is 5.10 Å². The van der Waals surface area contributed by atoms with E-state index in [4.69, 9.17) is 0 Å². The van der Waals surface area contributed by atoms with Crippen LogP contribution in [0.25, 0.3) is 11.0 Å². The molecular weight excluding hydrogens is 316 g/mol. The number of carbonyl (C=O) groups is 1. The van der Waals surface area contributed by atoms with Gasteiger partial charge in [0.25, 0.3) is 0 Å². The molecule has 130 valence electrons. The van der Waals surface area contributed by atoms with Crippen molar-refractivity contribution >= 4 is 16.9 Å². The fourth-order valence-electron chi connectivity index (χ4n) is 3.70. The van der Waals surface area contributed by atoms with Crippen molar-refractivity contribution in [1.82, 2.24) is 29.4 Å². The Morgan fingerprint density at radius 3 is 3.00 bits per heavy atom. The first-order valence-electron chi connectivity index (χ1n) is 8.84. The van der Waals surface area contributed by atoms with Crippen molar-refractivity contribution in [2.45, 2.75) is 45.3 Å². The van der Waals surface area contributed by atoms with Crippen molar-refractivity contribution in [2.24, 2.45) is 0 Å². The zero-order valence-corrected chi connectivity index (χ0v) is 14.4. The number of amides is 1. The summed E-state index contributed by atoms with van der Waals surface area (Å²) in [5, 5.41) is 7.88. The lowest BCUT2D eigenvalue weighted by Gasteiger charge is -2.25. The molecular formula is C18H22N6O. The molecule has 0 radical (unpaired) electrons. The minimum absolute atomic E-state index is 0.153. The molecule has 0 N–H and O–H groups in total. The Morgan fingerprint density at radius 1 is 1.32 bits per heavy atom. The molecule has 0 aliphatic carbocycles. The van der Waals surface area contributed by atoms with Gasteiger partial charge in [-0.2, -0.15) is 0 Å². The zero-order chi connectivity index (χ0) is 17.2. The number of carbonyl (C=O) groups excluding carboxylic acids is 1. The number of aryl methyl sites for hydroxylation is 1. The Balaban J connectivity index is 1.55. The van der Waals surface area contributed by atoms with Crippen LogP contribution in [0, 0.1) is 0 Å². The molecule has 1 atom stereocenters. The molecule has 1 aromatic carbocycles. The summed E-state index contributed by atoms with van der Waals surface area (Å²) < 4.78 is 3.86. The van der Waals surface area contributed by atoms with Crippen LogP contribution in [0.2, 0.25) is 0 Å². The lowest BCUT2D eigenvalue weighted by atomic mass is 10.2. The molecule has 0 bridgehead atoms. The minimum atomic E-state index is 0.153. The van der Waals surface area contributed by atoms with Crippen molar-refractivity contribution < 1.29 is 4.79 Å². The van der Waals surface area contributed by atoms with Gasteiger partial charge in [-0.1, -0.05) is 24.3 Å². The minimum Gasteiger partial charge on any atom is -0.336 e. The van der Waals surface area contributed by atoms with Crippen LogP contribution >= 0.6 is 0 Å². The fraction of sp³-hybridized carbons (Fsp3) is 0.444. The van der Waals surface area contributed by atoms with Gasteiger partial charge in [0, 0.05) is 19.2 Å². The predicted molar refractivity (Wildman–Crippen MR) is 93.9 cm³/mol.